The van der Waals surface area contributed by atoms with E-state index in [1.165, 1.54) is 7.11 Å². The number of carbonyl (C=O) groups is 1. The van der Waals surface area contributed by atoms with E-state index in [0.29, 0.717) is 0 Å². The molecular weight excluding hydrogens is 421 g/mol. The van der Waals surface area contributed by atoms with Crippen LogP contribution in [-0.4, -0.2) is 33.4 Å². The van der Waals surface area contributed by atoms with E-state index in [0.717, 1.165) is 38.1 Å². The average Bonchev–Trinajstić information content (AvgIpc) is 2.80. The largest absolute Gasteiger partial charge is 0.467 e. The van der Waals surface area contributed by atoms with Gasteiger partial charge in [-0.25, -0.2) is 14.5 Å². The third-order valence-electron chi connectivity index (χ3n) is 3.67. The van der Waals surface area contributed by atoms with Gasteiger partial charge in [-0.05, 0) is 64.1 Å². The average molecular weight is 445 g/mol. The molecule has 0 aliphatic heterocycles. The van der Waals surface area contributed by atoms with Crippen LogP contribution in [0.25, 0.3) is 11.0 Å². The Labute approximate surface area is 156 Å². The summed E-state index contributed by atoms with van der Waals surface area (Å²) in [5.74, 6) is -0.423. The fraction of sp³-hybridized carbons (Fsp3) is 0.588. The summed E-state index contributed by atoms with van der Waals surface area (Å²) in [6.07, 6.45) is -0.817. The van der Waals surface area contributed by atoms with Crippen LogP contribution in [0.3, 0.4) is 0 Å². The van der Waals surface area contributed by atoms with E-state index < -0.39 is 17.7 Å². The molecule has 24 heavy (non-hydrogen) atoms. The Balaban J connectivity index is 2.73. The number of hydrogen-bond donors (Lipinski definition) is 0. The van der Waals surface area contributed by atoms with Gasteiger partial charge in [0, 0.05) is 21.4 Å². The minimum Gasteiger partial charge on any atom is -0.467 e. The molecule has 0 saturated heterocycles. The first-order chi connectivity index (χ1) is 11.1. The van der Waals surface area contributed by atoms with E-state index in [9.17, 15) is 4.79 Å². The molecule has 2 rings (SSSR count). The van der Waals surface area contributed by atoms with Crippen molar-refractivity contribution in [3.63, 3.8) is 0 Å². The number of esters is 1. The van der Waals surface area contributed by atoms with Gasteiger partial charge in [-0.2, -0.15) is 5.10 Å². The fourth-order valence-corrected chi connectivity index (χ4v) is 3.97. The molecule has 2 aromatic rings. The number of fused-ring (bicyclic) bond motifs is 1. The lowest BCUT2D eigenvalue weighted by Gasteiger charge is -2.27. The zero-order valence-electron chi connectivity index (χ0n) is 15.2. The number of aromatic nitrogens is 3. The number of carbonyl (C=O) groups excluding carboxylic acids is 1. The lowest BCUT2D eigenvalue weighted by Crippen LogP contribution is -2.29. The SMILES string of the molecule is CCn1nc(C)c2c(I)c(C(OC(C)(C)C)C(=O)OC)c(C)nc21. The summed E-state index contributed by atoms with van der Waals surface area (Å²) in [6, 6.07) is 0. The highest BCUT2D eigenvalue weighted by Gasteiger charge is 2.33. The molecule has 0 saturated carbocycles. The molecule has 0 aromatic carbocycles. The second-order valence-electron chi connectivity index (χ2n) is 6.66. The topological polar surface area (TPSA) is 66.2 Å². The summed E-state index contributed by atoms with van der Waals surface area (Å²) in [5.41, 5.74) is 2.74. The number of halogens is 1. The van der Waals surface area contributed by atoms with Crippen molar-refractivity contribution in [1.82, 2.24) is 14.8 Å². The van der Waals surface area contributed by atoms with Crippen LogP contribution in [0.5, 0.6) is 0 Å². The van der Waals surface area contributed by atoms with Crippen molar-refractivity contribution >= 4 is 39.6 Å². The Bertz CT molecular complexity index is 778. The van der Waals surface area contributed by atoms with Gasteiger partial charge in [-0.15, -0.1) is 0 Å². The van der Waals surface area contributed by atoms with Crippen LogP contribution < -0.4 is 0 Å². The summed E-state index contributed by atoms with van der Waals surface area (Å²) < 4.78 is 13.8. The summed E-state index contributed by atoms with van der Waals surface area (Å²) in [6.45, 7) is 12.4. The van der Waals surface area contributed by atoms with Crippen LogP contribution in [-0.2, 0) is 20.8 Å². The lowest BCUT2D eigenvalue weighted by atomic mass is 10.0. The maximum atomic E-state index is 12.4. The summed E-state index contributed by atoms with van der Waals surface area (Å²) in [7, 11) is 1.37. The minimum atomic E-state index is -0.817. The molecule has 0 fully saturated rings. The zero-order valence-corrected chi connectivity index (χ0v) is 17.4. The smallest absolute Gasteiger partial charge is 0.339 e. The molecule has 7 heteroatoms. The van der Waals surface area contributed by atoms with Gasteiger partial charge in [-0.3, -0.25) is 0 Å². The normalized spacial score (nSPS) is 13.3. The maximum absolute atomic E-state index is 12.4. The van der Waals surface area contributed by atoms with E-state index in [1.54, 1.807) is 0 Å². The second kappa shape index (κ2) is 6.95. The van der Waals surface area contributed by atoms with Gasteiger partial charge in [0.05, 0.1) is 23.8 Å². The number of aryl methyl sites for hydroxylation is 3. The van der Waals surface area contributed by atoms with Gasteiger partial charge in [0.15, 0.2) is 11.8 Å². The predicted octanol–water partition coefficient (Wildman–Crippen LogP) is 3.70. The van der Waals surface area contributed by atoms with E-state index in [1.807, 2.05) is 46.2 Å². The first-order valence-corrected chi connectivity index (χ1v) is 8.97. The van der Waals surface area contributed by atoms with Crippen LogP contribution in [0, 0.1) is 17.4 Å². The molecule has 132 valence electrons. The highest BCUT2D eigenvalue weighted by molar-refractivity contribution is 14.1. The first-order valence-electron chi connectivity index (χ1n) is 7.89. The molecule has 6 nitrogen and oxygen atoms in total. The molecule has 1 atom stereocenters. The Morgan fingerprint density at radius 3 is 2.42 bits per heavy atom. The maximum Gasteiger partial charge on any atom is 0.339 e. The summed E-state index contributed by atoms with van der Waals surface area (Å²) in [4.78, 5) is 17.1. The Hall–Kier alpha value is -1.22. The molecule has 0 bridgehead atoms. The fourth-order valence-electron chi connectivity index (χ4n) is 2.66. The molecule has 1 unspecified atom stereocenters. The summed E-state index contributed by atoms with van der Waals surface area (Å²) in [5, 5.41) is 5.51. The van der Waals surface area contributed by atoms with Crippen molar-refractivity contribution in [1.29, 1.82) is 0 Å². The zero-order chi connectivity index (χ0) is 18.2. The van der Waals surface area contributed by atoms with Gasteiger partial charge >= 0.3 is 5.97 Å². The van der Waals surface area contributed by atoms with Crippen molar-refractivity contribution in [3.05, 3.63) is 20.5 Å². The number of hydrogen-bond acceptors (Lipinski definition) is 5. The quantitative estimate of drug-likeness (QED) is 0.531. The van der Waals surface area contributed by atoms with Crippen LogP contribution in [0.2, 0.25) is 0 Å². The highest BCUT2D eigenvalue weighted by Crippen LogP contribution is 2.35. The van der Waals surface area contributed by atoms with Crippen molar-refractivity contribution in [2.75, 3.05) is 7.11 Å². The first kappa shape index (κ1) is 19.1. The molecular formula is C17H24IN3O3. The van der Waals surface area contributed by atoms with Crippen molar-refractivity contribution in [2.24, 2.45) is 0 Å². The number of rotatable bonds is 4. The molecule has 0 aliphatic rings. The Morgan fingerprint density at radius 2 is 1.92 bits per heavy atom. The van der Waals surface area contributed by atoms with Crippen molar-refractivity contribution < 1.29 is 14.3 Å². The highest BCUT2D eigenvalue weighted by atomic mass is 127. The predicted molar refractivity (Wildman–Crippen MR) is 101 cm³/mol. The van der Waals surface area contributed by atoms with Gasteiger partial charge in [0.25, 0.3) is 0 Å². The standard InChI is InChI=1S/C17H24IN3O3/c1-8-21-15-12(10(3)20-21)13(18)11(9(2)19-15)14(16(22)23-7)24-17(4,5)6/h14H,8H2,1-7H3. The number of nitrogens with zero attached hydrogens (tertiary/aromatic N) is 3. The molecule has 0 N–H and O–H groups in total. The van der Waals surface area contributed by atoms with Crippen molar-refractivity contribution in [2.45, 2.75) is 59.8 Å². The van der Waals surface area contributed by atoms with Crippen LogP contribution >= 0.6 is 22.6 Å². The molecule has 0 aliphatic carbocycles. The van der Waals surface area contributed by atoms with Gasteiger partial charge < -0.3 is 9.47 Å². The van der Waals surface area contributed by atoms with Gasteiger partial charge in [-0.1, -0.05) is 0 Å². The minimum absolute atomic E-state index is 0.423. The van der Waals surface area contributed by atoms with Crippen LogP contribution in [0.1, 0.15) is 50.8 Å². The van der Waals surface area contributed by atoms with Crippen LogP contribution in [0.4, 0.5) is 0 Å². The molecule has 0 radical (unpaired) electrons. The number of methoxy groups -OCH3 is 1. The molecule has 2 aromatic heterocycles. The second-order valence-corrected chi connectivity index (χ2v) is 7.74. The number of ether oxygens (including phenoxy) is 2. The van der Waals surface area contributed by atoms with Gasteiger partial charge in [0.2, 0.25) is 0 Å². The molecule has 0 amide bonds. The van der Waals surface area contributed by atoms with E-state index in [4.69, 9.17) is 14.5 Å². The van der Waals surface area contributed by atoms with E-state index >= 15 is 0 Å². The van der Waals surface area contributed by atoms with Gasteiger partial charge in [0.1, 0.15) is 0 Å². The summed E-state index contributed by atoms with van der Waals surface area (Å²) >= 11 is 2.25. The Morgan fingerprint density at radius 1 is 1.29 bits per heavy atom. The lowest BCUT2D eigenvalue weighted by molar-refractivity contribution is -0.164. The third-order valence-corrected chi connectivity index (χ3v) is 4.79. The Kier molecular flexibility index (Phi) is 5.54. The van der Waals surface area contributed by atoms with E-state index in [-0.39, 0.29) is 0 Å². The third kappa shape index (κ3) is 3.56. The monoisotopic (exact) mass is 445 g/mol. The van der Waals surface area contributed by atoms with Crippen LogP contribution in [0.15, 0.2) is 0 Å². The van der Waals surface area contributed by atoms with E-state index in [2.05, 4.69) is 27.7 Å². The van der Waals surface area contributed by atoms with Crippen molar-refractivity contribution in [3.8, 4) is 0 Å². The number of pyridine rings is 1. The molecule has 2 heterocycles. The molecule has 0 spiro atoms.